The molecular formula is C7H15NO2. The van der Waals surface area contributed by atoms with Crippen molar-refractivity contribution in [2.45, 2.75) is 12.8 Å². The van der Waals surface area contributed by atoms with Crippen LogP contribution in [0.3, 0.4) is 0 Å². The molecule has 0 aromatic rings. The fourth-order valence-electron chi connectivity index (χ4n) is 1.27. The van der Waals surface area contributed by atoms with Gasteiger partial charge >= 0.3 is 0 Å². The lowest BCUT2D eigenvalue weighted by molar-refractivity contribution is -0.0214. The van der Waals surface area contributed by atoms with Crippen molar-refractivity contribution in [3.05, 3.63) is 0 Å². The van der Waals surface area contributed by atoms with Gasteiger partial charge in [-0.25, -0.2) is 0 Å². The van der Waals surface area contributed by atoms with Crippen LogP contribution in [0.2, 0.25) is 0 Å². The molecule has 60 valence electrons. The van der Waals surface area contributed by atoms with Crippen LogP contribution in [0.15, 0.2) is 0 Å². The molecule has 3 heteroatoms. The predicted molar refractivity (Wildman–Crippen MR) is 38.6 cm³/mol. The Labute approximate surface area is 61.4 Å². The summed E-state index contributed by atoms with van der Waals surface area (Å²) in [6.45, 7) is 2.78. The summed E-state index contributed by atoms with van der Waals surface area (Å²) < 4.78 is 4.90. The van der Waals surface area contributed by atoms with Crippen LogP contribution in [0.25, 0.3) is 0 Å². The monoisotopic (exact) mass is 145 g/mol. The highest BCUT2D eigenvalue weighted by atomic mass is 16.6. The van der Waals surface area contributed by atoms with Crippen LogP contribution in [0.1, 0.15) is 12.8 Å². The Morgan fingerprint density at radius 3 is 2.70 bits per heavy atom. The summed E-state index contributed by atoms with van der Waals surface area (Å²) >= 11 is 0. The lowest BCUT2D eigenvalue weighted by Gasteiger charge is -2.21. The molecule has 0 radical (unpaired) electrons. The van der Waals surface area contributed by atoms with Gasteiger partial charge in [0.1, 0.15) is 6.79 Å². The van der Waals surface area contributed by atoms with Crippen molar-refractivity contribution in [3.8, 4) is 0 Å². The van der Waals surface area contributed by atoms with E-state index in [2.05, 4.69) is 5.32 Å². The van der Waals surface area contributed by atoms with Gasteiger partial charge in [-0.15, -0.1) is 0 Å². The number of nitrogens with one attached hydrogen (secondary N) is 1. The zero-order chi connectivity index (χ0) is 7.23. The Bertz CT molecular complexity index is 81.7. The third-order valence-electron chi connectivity index (χ3n) is 1.90. The Kier molecular flexibility index (Phi) is 3.72. The maximum atomic E-state index is 8.36. The molecule has 2 N–H and O–H groups in total. The van der Waals surface area contributed by atoms with E-state index in [1.165, 1.54) is 12.8 Å². The summed E-state index contributed by atoms with van der Waals surface area (Å²) in [7, 11) is 0. The van der Waals surface area contributed by atoms with Crippen molar-refractivity contribution in [1.29, 1.82) is 0 Å². The molecule has 0 amide bonds. The average molecular weight is 145 g/mol. The molecule has 1 rings (SSSR count). The van der Waals surface area contributed by atoms with E-state index in [0.717, 1.165) is 19.7 Å². The number of aliphatic hydroxyl groups excluding tert-OH is 1. The van der Waals surface area contributed by atoms with Crippen molar-refractivity contribution < 1.29 is 9.84 Å². The number of hydrogen-bond acceptors (Lipinski definition) is 3. The van der Waals surface area contributed by atoms with E-state index < -0.39 is 0 Å². The molecule has 0 bridgehead atoms. The van der Waals surface area contributed by atoms with Crippen LogP contribution in [0, 0.1) is 5.92 Å². The molecule has 0 aromatic heterocycles. The van der Waals surface area contributed by atoms with Crippen molar-refractivity contribution in [1.82, 2.24) is 5.32 Å². The predicted octanol–water partition coefficient (Wildman–Crippen LogP) is -0.0476. The van der Waals surface area contributed by atoms with Gasteiger partial charge in [-0.2, -0.15) is 0 Å². The first-order chi connectivity index (χ1) is 4.93. The van der Waals surface area contributed by atoms with Gasteiger partial charge in [0.05, 0.1) is 6.61 Å². The van der Waals surface area contributed by atoms with Crippen LogP contribution in [0.4, 0.5) is 0 Å². The van der Waals surface area contributed by atoms with Gasteiger partial charge in [-0.3, -0.25) is 0 Å². The summed E-state index contributed by atoms with van der Waals surface area (Å²) in [5.41, 5.74) is 0. The second-order valence-corrected chi connectivity index (χ2v) is 2.69. The van der Waals surface area contributed by atoms with E-state index in [1.807, 2.05) is 0 Å². The molecule has 10 heavy (non-hydrogen) atoms. The second kappa shape index (κ2) is 4.66. The highest BCUT2D eigenvalue weighted by Crippen LogP contribution is 2.10. The largest absolute Gasteiger partial charge is 0.371 e. The van der Waals surface area contributed by atoms with E-state index in [-0.39, 0.29) is 6.79 Å². The van der Waals surface area contributed by atoms with Gasteiger partial charge in [-0.1, -0.05) is 0 Å². The Morgan fingerprint density at radius 1 is 1.40 bits per heavy atom. The molecule has 3 nitrogen and oxygen atoms in total. The quantitative estimate of drug-likeness (QED) is 0.547. The van der Waals surface area contributed by atoms with Crippen LogP contribution in [-0.2, 0) is 4.74 Å². The van der Waals surface area contributed by atoms with Gasteiger partial charge in [0.25, 0.3) is 0 Å². The first-order valence-corrected chi connectivity index (χ1v) is 3.83. The molecule has 0 atom stereocenters. The molecule has 1 aliphatic rings. The molecule has 0 aromatic carbocycles. The van der Waals surface area contributed by atoms with Gasteiger partial charge in [0.2, 0.25) is 0 Å². The van der Waals surface area contributed by atoms with E-state index in [0.29, 0.717) is 5.92 Å². The molecule has 1 heterocycles. The van der Waals surface area contributed by atoms with E-state index >= 15 is 0 Å². The van der Waals surface area contributed by atoms with E-state index in [4.69, 9.17) is 9.84 Å². The van der Waals surface area contributed by atoms with Crippen LogP contribution in [-0.4, -0.2) is 31.6 Å². The summed E-state index contributed by atoms with van der Waals surface area (Å²) in [6, 6.07) is 0. The Hall–Kier alpha value is -0.120. The Morgan fingerprint density at radius 2 is 2.10 bits per heavy atom. The first-order valence-electron chi connectivity index (χ1n) is 3.83. The zero-order valence-corrected chi connectivity index (χ0v) is 6.18. The lowest BCUT2D eigenvalue weighted by atomic mass is 9.99. The SMILES string of the molecule is OCOCC1CCNCC1. The highest BCUT2D eigenvalue weighted by molar-refractivity contribution is 4.67. The minimum atomic E-state index is -0.135. The second-order valence-electron chi connectivity index (χ2n) is 2.69. The van der Waals surface area contributed by atoms with Crippen LogP contribution >= 0.6 is 0 Å². The average Bonchev–Trinajstić information content (AvgIpc) is 2.03. The molecule has 0 saturated carbocycles. The lowest BCUT2D eigenvalue weighted by Crippen LogP contribution is -2.30. The fourth-order valence-corrected chi connectivity index (χ4v) is 1.27. The van der Waals surface area contributed by atoms with E-state index in [9.17, 15) is 0 Å². The zero-order valence-electron chi connectivity index (χ0n) is 6.18. The summed E-state index contributed by atoms with van der Waals surface area (Å²) in [6.07, 6.45) is 2.36. The number of ether oxygens (including phenoxy) is 1. The minimum Gasteiger partial charge on any atom is -0.371 e. The maximum absolute atomic E-state index is 8.36. The molecule has 1 aliphatic heterocycles. The van der Waals surface area contributed by atoms with Gasteiger partial charge in [0, 0.05) is 0 Å². The van der Waals surface area contributed by atoms with E-state index in [1.54, 1.807) is 0 Å². The van der Waals surface area contributed by atoms with Gasteiger partial charge in [0.15, 0.2) is 0 Å². The standard InChI is InChI=1S/C7H15NO2/c9-6-10-5-7-1-3-8-4-2-7/h7-9H,1-6H2. The molecule has 1 fully saturated rings. The number of hydrogen-bond donors (Lipinski definition) is 2. The molecule has 0 unspecified atom stereocenters. The van der Waals surface area contributed by atoms with Gasteiger partial charge in [-0.05, 0) is 31.8 Å². The minimum absolute atomic E-state index is 0.135. The third-order valence-corrected chi connectivity index (χ3v) is 1.90. The molecule has 1 saturated heterocycles. The molecule has 0 spiro atoms. The number of rotatable bonds is 3. The fraction of sp³-hybridized carbons (Fsp3) is 1.00. The van der Waals surface area contributed by atoms with Crippen LogP contribution in [0.5, 0.6) is 0 Å². The van der Waals surface area contributed by atoms with Crippen molar-refractivity contribution >= 4 is 0 Å². The highest BCUT2D eigenvalue weighted by Gasteiger charge is 2.11. The smallest absolute Gasteiger partial charge is 0.143 e. The Balaban J connectivity index is 2.02. The molecular weight excluding hydrogens is 130 g/mol. The van der Waals surface area contributed by atoms with Crippen molar-refractivity contribution in [2.24, 2.45) is 5.92 Å². The van der Waals surface area contributed by atoms with Crippen molar-refractivity contribution in [2.75, 3.05) is 26.5 Å². The normalized spacial score (nSPS) is 21.3. The van der Waals surface area contributed by atoms with Crippen molar-refractivity contribution in [3.63, 3.8) is 0 Å². The topological polar surface area (TPSA) is 41.5 Å². The molecule has 0 aliphatic carbocycles. The summed E-state index contributed by atoms with van der Waals surface area (Å²) in [4.78, 5) is 0. The summed E-state index contributed by atoms with van der Waals surface area (Å²) in [5.74, 6) is 0.661. The number of piperidine rings is 1. The third kappa shape index (κ3) is 2.64. The summed E-state index contributed by atoms with van der Waals surface area (Å²) in [5, 5.41) is 11.6. The van der Waals surface area contributed by atoms with Crippen LogP contribution < -0.4 is 5.32 Å². The first kappa shape index (κ1) is 7.98. The number of aliphatic hydroxyl groups is 1. The van der Waals surface area contributed by atoms with Gasteiger partial charge < -0.3 is 15.2 Å². The maximum Gasteiger partial charge on any atom is 0.143 e.